The molecule has 0 fully saturated rings. The summed E-state index contributed by atoms with van der Waals surface area (Å²) in [7, 11) is 3.49. The van der Waals surface area contributed by atoms with Crippen molar-refractivity contribution >= 4 is 11.9 Å². The molecule has 7 nitrogen and oxygen atoms in total. The number of nitrogens with zero attached hydrogens (tertiary/aromatic N) is 3. The molecule has 0 unspecified atom stereocenters. The summed E-state index contributed by atoms with van der Waals surface area (Å²) in [5.41, 5.74) is 0.676. The maximum atomic E-state index is 11.9. The van der Waals surface area contributed by atoms with Crippen molar-refractivity contribution in [2.45, 2.75) is 46.2 Å². The number of carbonyl (C=O) groups is 1. The number of nitrogens with one attached hydrogen (secondary N) is 2. The SMILES string of the molecule is CCc1cc(CNC(=NC)N(C)CC(=O)NC(C)(C)C)on1. The fourth-order valence-corrected chi connectivity index (χ4v) is 1.90. The molecule has 1 heterocycles. The molecule has 2 N–H and O–H groups in total. The Morgan fingerprint density at radius 2 is 2.14 bits per heavy atom. The van der Waals surface area contributed by atoms with E-state index in [4.69, 9.17) is 4.52 Å². The zero-order valence-corrected chi connectivity index (χ0v) is 14.4. The molecule has 0 bridgehead atoms. The normalized spacial score (nSPS) is 12.2. The van der Waals surface area contributed by atoms with E-state index in [1.54, 1.807) is 11.9 Å². The van der Waals surface area contributed by atoms with Crippen LogP contribution in [0.3, 0.4) is 0 Å². The minimum absolute atomic E-state index is 0.0501. The Kier molecular flexibility index (Phi) is 6.39. The topological polar surface area (TPSA) is 82.8 Å². The van der Waals surface area contributed by atoms with Crippen LogP contribution in [0.2, 0.25) is 0 Å². The molecule has 0 saturated carbocycles. The monoisotopic (exact) mass is 309 g/mol. The maximum Gasteiger partial charge on any atom is 0.240 e. The minimum atomic E-state index is -0.245. The standard InChI is InChI=1S/C15H27N5O2/c1-7-11-8-12(22-19-11)9-17-14(16-5)20(6)10-13(21)18-15(2,3)4/h8H,7,9-10H2,1-6H3,(H,16,17)(H,18,21). The van der Waals surface area contributed by atoms with Gasteiger partial charge < -0.3 is 20.1 Å². The van der Waals surface area contributed by atoms with Gasteiger partial charge in [-0.25, -0.2) is 0 Å². The number of rotatable bonds is 5. The summed E-state index contributed by atoms with van der Waals surface area (Å²) in [6.45, 7) is 8.58. The summed E-state index contributed by atoms with van der Waals surface area (Å²) in [5, 5.41) is 10.0. The van der Waals surface area contributed by atoms with Crippen LogP contribution in [0.15, 0.2) is 15.6 Å². The number of likely N-dealkylation sites (N-methyl/N-ethyl adjacent to an activating group) is 1. The molecule has 0 atom stereocenters. The molecular weight excluding hydrogens is 282 g/mol. The Morgan fingerprint density at radius 1 is 1.45 bits per heavy atom. The van der Waals surface area contributed by atoms with E-state index in [1.807, 2.05) is 40.8 Å². The van der Waals surface area contributed by atoms with Gasteiger partial charge in [-0.3, -0.25) is 9.79 Å². The highest BCUT2D eigenvalue weighted by Gasteiger charge is 2.17. The van der Waals surface area contributed by atoms with E-state index in [0.29, 0.717) is 12.5 Å². The predicted molar refractivity (Wildman–Crippen MR) is 86.6 cm³/mol. The lowest BCUT2D eigenvalue weighted by Crippen LogP contribution is -2.48. The highest BCUT2D eigenvalue weighted by atomic mass is 16.5. The molecule has 1 rings (SSSR count). The van der Waals surface area contributed by atoms with E-state index in [9.17, 15) is 4.79 Å². The zero-order valence-electron chi connectivity index (χ0n) is 14.4. The van der Waals surface area contributed by atoms with Gasteiger partial charge in [-0.1, -0.05) is 12.1 Å². The molecule has 1 amide bonds. The lowest BCUT2D eigenvalue weighted by atomic mass is 10.1. The number of aromatic nitrogens is 1. The average molecular weight is 309 g/mol. The van der Waals surface area contributed by atoms with E-state index in [-0.39, 0.29) is 18.0 Å². The highest BCUT2D eigenvalue weighted by molar-refractivity contribution is 5.86. The van der Waals surface area contributed by atoms with Crippen LogP contribution in [0.25, 0.3) is 0 Å². The Morgan fingerprint density at radius 3 is 2.64 bits per heavy atom. The van der Waals surface area contributed by atoms with Crippen LogP contribution < -0.4 is 10.6 Å². The largest absolute Gasteiger partial charge is 0.359 e. The minimum Gasteiger partial charge on any atom is -0.359 e. The number of aryl methyl sites for hydroxylation is 1. The summed E-state index contributed by atoms with van der Waals surface area (Å²) in [6.07, 6.45) is 0.838. The van der Waals surface area contributed by atoms with Gasteiger partial charge in [0.1, 0.15) is 0 Å². The molecule has 124 valence electrons. The van der Waals surface area contributed by atoms with Gasteiger partial charge >= 0.3 is 0 Å². The number of carbonyl (C=O) groups excluding carboxylic acids is 1. The molecule has 1 aromatic rings. The van der Waals surface area contributed by atoms with Gasteiger partial charge in [0.05, 0.1) is 18.8 Å². The van der Waals surface area contributed by atoms with Crippen LogP contribution in [-0.4, -0.2) is 48.1 Å². The summed E-state index contributed by atoms with van der Waals surface area (Å²) in [5.74, 6) is 1.31. The lowest BCUT2D eigenvalue weighted by Gasteiger charge is -2.25. The third kappa shape index (κ3) is 6.15. The fraction of sp³-hybridized carbons (Fsp3) is 0.667. The Balaban J connectivity index is 2.51. The third-order valence-corrected chi connectivity index (χ3v) is 2.86. The number of hydrogen-bond donors (Lipinski definition) is 2. The van der Waals surface area contributed by atoms with Crippen LogP contribution in [-0.2, 0) is 17.8 Å². The number of guanidine groups is 1. The van der Waals surface area contributed by atoms with E-state index in [2.05, 4.69) is 20.8 Å². The van der Waals surface area contributed by atoms with Crippen molar-refractivity contribution in [2.75, 3.05) is 20.6 Å². The summed E-state index contributed by atoms with van der Waals surface area (Å²) in [4.78, 5) is 17.9. The van der Waals surface area contributed by atoms with Gasteiger partial charge in [0.25, 0.3) is 0 Å². The maximum absolute atomic E-state index is 11.9. The van der Waals surface area contributed by atoms with Crippen molar-refractivity contribution in [3.8, 4) is 0 Å². The molecule has 7 heteroatoms. The van der Waals surface area contributed by atoms with Gasteiger partial charge in [0.15, 0.2) is 11.7 Å². The van der Waals surface area contributed by atoms with Crippen molar-refractivity contribution in [1.82, 2.24) is 20.7 Å². The second-order valence-corrected chi connectivity index (χ2v) is 6.19. The van der Waals surface area contributed by atoms with Gasteiger partial charge in [-0.05, 0) is 27.2 Å². The van der Waals surface area contributed by atoms with Crippen molar-refractivity contribution < 1.29 is 9.32 Å². The molecule has 0 saturated heterocycles. The first-order valence-corrected chi connectivity index (χ1v) is 7.42. The molecule has 0 aliphatic heterocycles. The van der Waals surface area contributed by atoms with Crippen LogP contribution in [0, 0.1) is 0 Å². The van der Waals surface area contributed by atoms with E-state index >= 15 is 0 Å². The second-order valence-electron chi connectivity index (χ2n) is 6.19. The zero-order chi connectivity index (χ0) is 16.8. The van der Waals surface area contributed by atoms with E-state index in [0.717, 1.165) is 17.9 Å². The van der Waals surface area contributed by atoms with E-state index in [1.165, 1.54) is 0 Å². The van der Waals surface area contributed by atoms with Gasteiger partial charge in [-0.2, -0.15) is 0 Å². The van der Waals surface area contributed by atoms with Gasteiger partial charge in [-0.15, -0.1) is 0 Å². The van der Waals surface area contributed by atoms with Crippen molar-refractivity contribution in [3.05, 3.63) is 17.5 Å². The lowest BCUT2D eigenvalue weighted by molar-refractivity contribution is -0.122. The van der Waals surface area contributed by atoms with Crippen molar-refractivity contribution in [3.63, 3.8) is 0 Å². The molecule has 0 aliphatic rings. The van der Waals surface area contributed by atoms with Crippen LogP contribution in [0.1, 0.15) is 39.1 Å². The van der Waals surface area contributed by atoms with Crippen LogP contribution in [0.5, 0.6) is 0 Å². The average Bonchev–Trinajstić information content (AvgIpc) is 2.85. The number of hydrogen-bond acceptors (Lipinski definition) is 4. The first-order valence-electron chi connectivity index (χ1n) is 7.42. The highest BCUT2D eigenvalue weighted by Crippen LogP contribution is 2.04. The Hall–Kier alpha value is -2.05. The molecule has 0 radical (unpaired) electrons. The summed E-state index contributed by atoms with van der Waals surface area (Å²) in [6, 6.07) is 1.91. The van der Waals surface area contributed by atoms with Crippen molar-refractivity contribution in [2.24, 2.45) is 4.99 Å². The predicted octanol–water partition coefficient (Wildman–Crippen LogP) is 1.16. The van der Waals surface area contributed by atoms with Crippen molar-refractivity contribution in [1.29, 1.82) is 0 Å². The first-order chi connectivity index (χ1) is 10.2. The second kappa shape index (κ2) is 7.82. The molecule has 0 aliphatic carbocycles. The van der Waals surface area contributed by atoms with Gasteiger partial charge in [0, 0.05) is 25.7 Å². The molecule has 0 spiro atoms. The quantitative estimate of drug-likeness (QED) is 0.630. The van der Waals surface area contributed by atoms with E-state index < -0.39 is 0 Å². The summed E-state index contributed by atoms with van der Waals surface area (Å²) >= 11 is 0. The fourth-order valence-electron chi connectivity index (χ4n) is 1.90. The Labute approximate surface area is 132 Å². The molecular formula is C15H27N5O2. The first kappa shape index (κ1) is 18.0. The molecule has 0 aromatic carbocycles. The number of amides is 1. The smallest absolute Gasteiger partial charge is 0.240 e. The van der Waals surface area contributed by atoms with Crippen LogP contribution >= 0.6 is 0 Å². The molecule has 1 aromatic heterocycles. The van der Waals surface area contributed by atoms with Crippen LogP contribution in [0.4, 0.5) is 0 Å². The molecule has 22 heavy (non-hydrogen) atoms. The summed E-state index contributed by atoms with van der Waals surface area (Å²) < 4.78 is 5.21. The number of aliphatic imine (C=N–C) groups is 1. The third-order valence-electron chi connectivity index (χ3n) is 2.86. The Bertz CT molecular complexity index is 516. The van der Waals surface area contributed by atoms with Gasteiger partial charge in [0.2, 0.25) is 5.91 Å².